The van der Waals surface area contributed by atoms with Crippen LogP contribution in [0.2, 0.25) is 0 Å². The molecule has 0 radical (unpaired) electrons. The number of carbonyl (C=O) groups is 1. The Hall–Kier alpha value is -1.13. The molecule has 2 saturated heterocycles. The zero-order valence-electron chi connectivity index (χ0n) is 35.8. The largest absolute Gasteiger partial charge is 0.432 e. The minimum atomic E-state index is -1.80. The highest BCUT2D eigenvalue weighted by Gasteiger charge is 2.86. The van der Waals surface area contributed by atoms with E-state index in [1.165, 1.54) is 0 Å². The maximum absolute atomic E-state index is 14.3. The predicted molar refractivity (Wildman–Crippen MR) is 208 cm³/mol. The van der Waals surface area contributed by atoms with Crippen LogP contribution in [0.3, 0.4) is 0 Å². The predicted octanol–water partition coefficient (Wildman–Crippen LogP) is -1.33. The van der Waals surface area contributed by atoms with Crippen LogP contribution in [0.5, 0.6) is 0 Å². The van der Waals surface area contributed by atoms with Crippen LogP contribution in [0.1, 0.15) is 99.3 Å². The van der Waals surface area contributed by atoms with Gasteiger partial charge < -0.3 is 80.2 Å². The zero-order valence-corrected chi connectivity index (χ0v) is 35.8. The number of esters is 1. The molecule has 0 aromatic rings. The first-order valence-electron chi connectivity index (χ1n) is 22.2. The summed E-state index contributed by atoms with van der Waals surface area (Å²) in [4.78, 5) is 14.3. The van der Waals surface area contributed by atoms with Crippen LogP contribution in [0.15, 0.2) is 0 Å². The first-order chi connectivity index (χ1) is 27.9. The van der Waals surface area contributed by atoms with Crippen molar-refractivity contribution >= 4 is 5.97 Å². The van der Waals surface area contributed by atoms with E-state index in [9.17, 15) is 66.1 Å². The molecule has 2 aliphatic heterocycles. The molecular weight excluding hydrogens is 788 g/mol. The van der Waals surface area contributed by atoms with E-state index in [0.717, 1.165) is 32.1 Å². The molecule has 0 aromatic carbocycles. The molecule has 0 amide bonds. The number of aliphatic hydroxyl groups excluding tert-OH is 11. The van der Waals surface area contributed by atoms with Crippen LogP contribution < -0.4 is 0 Å². The summed E-state index contributed by atoms with van der Waals surface area (Å²) < 4.78 is 22.5. The van der Waals surface area contributed by atoms with Gasteiger partial charge in [-0.2, -0.15) is 0 Å². The van der Waals surface area contributed by atoms with Gasteiger partial charge in [-0.25, -0.2) is 0 Å². The van der Waals surface area contributed by atoms with Gasteiger partial charge in [0.05, 0.1) is 49.1 Å². The van der Waals surface area contributed by atoms with Gasteiger partial charge in [-0.05, 0) is 97.7 Å². The molecule has 2 spiro atoms. The van der Waals surface area contributed by atoms with Crippen LogP contribution in [0, 0.1) is 56.7 Å². The third-order valence-electron chi connectivity index (χ3n) is 18.6. The first kappa shape index (κ1) is 46.9. The summed E-state index contributed by atoms with van der Waals surface area (Å²) in [5.41, 5.74) is -4.49. The molecule has 0 aromatic heterocycles. The molecule has 23 unspecified atom stereocenters. The molecule has 7 rings (SSSR count). The fraction of sp³-hybridized carbons (Fsp3) is 0.977. The van der Waals surface area contributed by atoms with Crippen molar-refractivity contribution in [3.05, 3.63) is 0 Å². The van der Waals surface area contributed by atoms with Gasteiger partial charge in [0.25, 0.3) is 0 Å². The summed E-state index contributed by atoms with van der Waals surface area (Å²) >= 11 is 0. The van der Waals surface area contributed by atoms with E-state index in [-0.39, 0.29) is 53.4 Å². The fourth-order valence-electron chi connectivity index (χ4n) is 14.3. The lowest BCUT2D eigenvalue weighted by Crippen LogP contribution is -2.65. The van der Waals surface area contributed by atoms with E-state index in [1.54, 1.807) is 20.8 Å². The monoisotopic (exact) mass is 860 g/mol. The second kappa shape index (κ2) is 16.1. The molecule has 60 heavy (non-hydrogen) atoms. The SMILES string of the molecule is CC(C(O)CC(O)(COC1OC(CO)C(O)C(O)C1O)C(C)C)C1CCC2(C)C3CCC4C(C)(C(=O)OC5OC(CO)C(O)C(O)C5O)C(O)CC(O)C45CC35CCC12C. The summed E-state index contributed by atoms with van der Waals surface area (Å²) in [5, 5.41) is 129. The van der Waals surface area contributed by atoms with Crippen molar-refractivity contribution in [1.82, 2.24) is 0 Å². The van der Waals surface area contributed by atoms with Crippen molar-refractivity contribution < 1.29 is 85.0 Å². The maximum atomic E-state index is 14.3. The lowest BCUT2D eigenvalue weighted by Gasteiger charge is -2.64. The van der Waals surface area contributed by atoms with E-state index in [0.29, 0.717) is 12.8 Å². The molecule has 5 saturated carbocycles. The molecular formula is C43H72O17. The van der Waals surface area contributed by atoms with Gasteiger partial charge in [-0.15, -0.1) is 0 Å². The van der Waals surface area contributed by atoms with Crippen molar-refractivity contribution in [2.24, 2.45) is 56.7 Å². The van der Waals surface area contributed by atoms with Crippen molar-refractivity contribution in [3.63, 3.8) is 0 Å². The fourth-order valence-corrected chi connectivity index (χ4v) is 14.3. The molecule has 346 valence electrons. The number of hydrogen-bond donors (Lipinski definition) is 12. The number of aliphatic hydroxyl groups is 12. The standard InChI is InChI=1S/C43H72O17/c1-19(2)42(56,18-57-35-33(53)31(51)29(49)23(15-44)58-35)14-22(46)20(3)21-9-10-39(5)25-7-8-26-40(6,37(55)60-36-34(54)32(52)30(50)24(16-45)59-36)27(47)13-28(48)43(26)17-41(25,43)12-11-38(21,39)4/h19-36,44-54,56H,7-18H2,1-6H3. The van der Waals surface area contributed by atoms with Crippen molar-refractivity contribution in [2.75, 3.05) is 19.8 Å². The molecule has 0 bridgehead atoms. The highest BCUT2D eigenvalue weighted by Crippen LogP contribution is 2.89. The summed E-state index contributed by atoms with van der Waals surface area (Å²) in [6, 6.07) is 0. The number of hydrogen-bond acceptors (Lipinski definition) is 17. The molecule has 23 atom stereocenters. The van der Waals surface area contributed by atoms with Crippen LogP contribution in [-0.2, 0) is 23.7 Å². The third-order valence-corrected chi connectivity index (χ3v) is 18.6. The van der Waals surface area contributed by atoms with Crippen molar-refractivity contribution in [2.45, 2.75) is 185 Å². The zero-order chi connectivity index (χ0) is 44.3. The van der Waals surface area contributed by atoms with E-state index in [4.69, 9.17) is 18.9 Å². The minimum absolute atomic E-state index is 0.0446. The molecule has 5 aliphatic carbocycles. The highest BCUT2D eigenvalue weighted by atomic mass is 16.7. The van der Waals surface area contributed by atoms with Crippen LogP contribution in [0.25, 0.3) is 0 Å². The van der Waals surface area contributed by atoms with Crippen molar-refractivity contribution in [3.8, 4) is 0 Å². The molecule has 7 fully saturated rings. The van der Waals surface area contributed by atoms with Gasteiger partial charge in [-0.3, -0.25) is 4.79 Å². The topological polar surface area (TPSA) is 297 Å². The molecule has 17 nitrogen and oxygen atoms in total. The lowest BCUT2D eigenvalue weighted by atomic mass is 9.41. The molecule has 7 aliphatic rings. The summed E-state index contributed by atoms with van der Waals surface area (Å²) in [5.74, 6) is -1.71. The molecule has 2 heterocycles. The Morgan fingerprint density at radius 1 is 0.733 bits per heavy atom. The number of carbonyl (C=O) groups excluding carboxylic acids is 1. The van der Waals surface area contributed by atoms with Gasteiger partial charge in [0.1, 0.15) is 48.8 Å². The average molecular weight is 861 g/mol. The second-order valence-electron chi connectivity index (χ2n) is 21.1. The summed E-state index contributed by atoms with van der Waals surface area (Å²) in [7, 11) is 0. The Morgan fingerprint density at radius 3 is 1.88 bits per heavy atom. The highest BCUT2D eigenvalue weighted by molar-refractivity contribution is 5.78. The second-order valence-corrected chi connectivity index (χ2v) is 21.1. The lowest BCUT2D eigenvalue weighted by molar-refractivity contribution is -0.311. The van der Waals surface area contributed by atoms with Gasteiger partial charge in [-0.1, -0.05) is 34.6 Å². The van der Waals surface area contributed by atoms with Gasteiger partial charge >= 0.3 is 5.97 Å². The van der Waals surface area contributed by atoms with Crippen LogP contribution in [-0.4, -0.2) is 172 Å². The van der Waals surface area contributed by atoms with E-state index < -0.39 is 127 Å². The van der Waals surface area contributed by atoms with E-state index >= 15 is 0 Å². The minimum Gasteiger partial charge on any atom is -0.432 e. The molecule has 12 N–H and O–H groups in total. The maximum Gasteiger partial charge on any atom is 0.317 e. The average Bonchev–Trinajstić information content (AvgIpc) is 3.83. The Labute approximate surface area is 351 Å². The Kier molecular flexibility index (Phi) is 12.6. The first-order valence-corrected chi connectivity index (χ1v) is 22.2. The Balaban J connectivity index is 1.06. The quantitative estimate of drug-likeness (QED) is 0.101. The van der Waals surface area contributed by atoms with Crippen LogP contribution in [0.4, 0.5) is 0 Å². The smallest absolute Gasteiger partial charge is 0.317 e. The Morgan fingerprint density at radius 2 is 1.30 bits per heavy atom. The summed E-state index contributed by atoms with van der Waals surface area (Å²) in [6.07, 6.45) is -13.6. The third kappa shape index (κ3) is 6.61. The Bertz CT molecular complexity index is 1570. The number of fused-ring (bicyclic) bond motifs is 2. The van der Waals surface area contributed by atoms with Crippen molar-refractivity contribution in [1.29, 1.82) is 0 Å². The van der Waals surface area contributed by atoms with Gasteiger partial charge in [0.15, 0.2) is 6.29 Å². The van der Waals surface area contributed by atoms with Crippen LogP contribution >= 0.6 is 0 Å². The van der Waals surface area contributed by atoms with E-state index in [2.05, 4.69) is 13.8 Å². The normalized spacial score (nSPS) is 53.2. The number of ether oxygens (including phenoxy) is 4. The molecule has 17 heteroatoms. The summed E-state index contributed by atoms with van der Waals surface area (Å²) in [6.45, 7) is 10.2. The van der Waals surface area contributed by atoms with E-state index in [1.807, 2.05) is 6.92 Å². The van der Waals surface area contributed by atoms with Gasteiger partial charge in [0, 0.05) is 18.3 Å². The number of rotatable bonds is 12. The van der Waals surface area contributed by atoms with Gasteiger partial charge in [0.2, 0.25) is 6.29 Å².